The fourth-order valence-electron chi connectivity index (χ4n) is 3.26. The molecule has 0 saturated heterocycles. The van der Waals surface area contributed by atoms with Gasteiger partial charge in [0.05, 0.1) is 20.8 Å². The van der Waals surface area contributed by atoms with Crippen LogP contribution in [-0.4, -0.2) is 50.0 Å². The number of fused-ring (bicyclic) bond motifs is 1. The van der Waals surface area contributed by atoms with Crippen LogP contribution >= 0.6 is 0 Å². The van der Waals surface area contributed by atoms with Crippen LogP contribution in [0.3, 0.4) is 0 Å². The molecule has 124 valence electrons. The topological polar surface area (TPSA) is 54.0 Å². The quantitative estimate of drug-likeness (QED) is 0.749. The van der Waals surface area contributed by atoms with E-state index in [4.69, 9.17) is 14.6 Å². The fourth-order valence-corrected chi connectivity index (χ4v) is 3.26. The molecule has 0 aliphatic carbocycles. The molecular weight excluding hydrogens is 280 g/mol. The van der Waals surface area contributed by atoms with Crippen molar-refractivity contribution in [2.45, 2.75) is 39.4 Å². The summed E-state index contributed by atoms with van der Waals surface area (Å²) in [5.41, 5.74) is 3.59. The van der Waals surface area contributed by atoms with Gasteiger partial charge >= 0.3 is 0 Å². The average molecular weight is 308 g/mol. The second-order valence-electron chi connectivity index (χ2n) is 5.74. The van der Waals surface area contributed by atoms with Crippen molar-refractivity contribution in [2.24, 2.45) is 0 Å². The Morgan fingerprint density at radius 1 is 1.32 bits per heavy atom. The molecule has 0 radical (unpaired) electrons. The summed E-state index contributed by atoms with van der Waals surface area (Å²) < 4.78 is 11.3. The molecule has 1 atom stereocenters. The molecule has 2 N–H and O–H groups in total. The number of likely N-dealkylation sites (N-methyl/N-ethyl adjacent to an activating group) is 1. The molecule has 0 spiro atoms. The van der Waals surface area contributed by atoms with Crippen molar-refractivity contribution in [3.63, 3.8) is 0 Å². The molecule has 0 amide bonds. The first-order valence-electron chi connectivity index (χ1n) is 7.97. The zero-order valence-electron chi connectivity index (χ0n) is 14.1. The number of aliphatic hydroxyl groups is 1. The maximum atomic E-state index is 8.93. The molecule has 22 heavy (non-hydrogen) atoms. The summed E-state index contributed by atoms with van der Waals surface area (Å²) in [4.78, 5) is 2.45. The van der Waals surface area contributed by atoms with E-state index < -0.39 is 0 Å². The zero-order valence-corrected chi connectivity index (χ0v) is 14.1. The van der Waals surface area contributed by atoms with E-state index in [0.717, 1.165) is 36.6 Å². The lowest BCUT2D eigenvalue weighted by molar-refractivity contribution is 0.189. The molecule has 1 aromatic carbocycles. The van der Waals surface area contributed by atoms with Crippen LogP contribution in [0.4, 0.5) is 0 Å². The van der Waals surface area contributed by atoms with E-state index in [-0.39, 0.29) is 6.61 Å². The van der Waals surface area contributed by atoms with Crippen LogP contribution in [0.2, 0.25) is 0 Å². The van der Waals surface area contributed by atoms with Gasteiger partial charge < -0.3 is 19.9 Å². The van der Waals surface area contributed by atoms with Crippen molar-refractivity contribution in [1.82, 2.24) is 10.2 Å². The van der Waals surface area contributed by atoms with Crippen molar-refractivity contribution in [2.75, 3.05) is 33.9 Å². The second kappa shape index (κ2) is 7.81. The first-order chi connectivity index (χ1) is 10.7. The van der Waals surface area contributed by atoms with E-state index in [0.29, 0.717) is 19.1 Å². The number of hydrogen-bond acceptors (Lipinski definition) is 5. The minimum absolute atomic E-state index is 0.132. The first kappa shape index (κ1) is 17.1. The van der Waals surface area contributed by atoms with E-state index in [2.05, 4.69) is 30.1 Å². The van der Waals surface area contributed by atoms with E-state index in [1.54, 1.807) is 14.2 Å². The Morgan fingerprint density at radius 2 is 2.09 bits per heavy atom. The molecule has 0 aromatic heterocycles. The van der Waals surface area contributed by atoms with Gasteiger partial charge in [-0.1, -0.05) is 6.92 Å². The Morgan fingerprint density at radius 3 is 2.68 bits per heavy atom. The second-order valence-corrected chi connectivity index (χ2v) is 5.74. The number of nitrogens with one attached hydrogen (secondary N) is 1. The van der Waals surface area contributed by atoms with Crippen LogP contribution in [0.15, 0.2) is 6.07 Å². The normalized spacial score (nSPS) is 18.1. The van der Waals surface area contributed by atoms with E-state index >= 15 is 0 Å². The highest BCUT2D eigenvalue weighted by Gasteiger charge is 2.28. The molecule has 1 aliphatic heterocycles. The molecule has 0 bridgehead atoms. The minimum Gasteiger partial charge on any atom is -0.496 e. The number of nitrogens with zero attached hydrogens (tertiary/aromatic N) is 1. The average Bonchev–Trinajstić information content (AvgIpc) is 2.53. The minimum atomic E-state index is 0.132. The molecule has 1 heterocycles. The van der Waals surface area contributed by atoms with Crippen LogP contribution in [0.1, 0.15) is 30.5 Å². The molecule has 0 fully saturated rings. The van der Waals surface area contributed by atoms with Gasteiger partial charge in [0.2, 0.25) is 0 Å². The van der Waals surface area contributed by atoms with Gasteiger partial charge in [0.25, 0.3) is 0 Å². The first-order valence-corrected chi connectivity index (χ1v) is 7.97. The third kappa shape index (κ3) is 3.37. The zero-order chi connectivity index (χ0) is 16.1. The van der Waals surface area contributed by atoms with Crippen molar-refractivity contribution in [3.05, 3.63) is 22.8 Å². The highest BCUT2D eigenvalue weighted by molar-refractivity contribution is 5.55. The largest absolute Gasteiger partial charge is 0.496 e. The molecule has 1 aromatic rings. The summed E-state index contributed by atoms with van der Waals surface area (Å²) in [5.74, 6) is 1.89. The third-order valence-corrected chi connectivity index (χ3v) is 4.45. The number of aliphatic hydroxyl groups excluding tert-OH is 1. The van der Waals surface area contributed by atoms with Crippen LogP contribution in [0.25, 0.3) is 0 Å². The summed E-state index contributed by atoms with van der Waals surface area (Å²) in [5, 5.41) is 12.2. The molecule has 1 unspecified atom stereocenters. The lowest BCUT2D eigenvalue weighted by atomic mass is 9.90. The molecule has 0 saturated carbocycles. The van der Waals surface area contributed by atoms with Gasteiger partial charge in [-0.25, -0.2) is 0 Å². The lowest BCUT2D eigenvalue weighted by Crippen LogP contribution is -2.38. The molecule has 5 nitrogen and oxygen atoms in total. The van der Waals surface area contributed by atoms with Gasteiger partial charge in [-0.05, 0) is 26.0 Å². The van der Waals surface area contributed by atoms with Crippen LogP contribution in [0.5, 0.6) is 11.5 Å². The van der Waals surface area contributed by atoms with Crippen LogP contribution < -0.4 is 14.8 Å². The molecular formula is C17H28N2O3. The summed E-state index contributed by atoms with van der Waals surface area (Å²) in [7, 11) is 3.45. The predicted octanol–water partition coefficient (Wildman–Crippen LogP) is 1.55. The van der Waals surface area contributed by atoms with Gasteiger partial charge in [0.15, 0.2) is 0 Å². The summed E-state index contributed by atoms with van der Waals surface area (Å²) in [6.45, 7) is 7.75. The number of hydrogen-bond donors (Lipinski definition) is 2. The van der Waals surface area contributed by atoms with Gasteiger partial charge in [-0.2, -0.15) is 0 Å². The highest BCUT2D eigenvalue weighted by Crippen LogP contribution is 2.39. The van der Waals surface area contributed by atoms with Gasteiger partial charge in [-0.15, -0.1) is 0 Å². The summed E-state index contributed by atoms with van der Waals surface area (Å²) in [6, 6.07) is 2.56. The number of benzene rings is 1. The van der Waals surface area contributed by atoms with E-state index in [9.17, 15) is 0 Å². The van der Waals surface area contributed by atoms with Gasteiger partial charge in [-0.3, -0.25) is 4.90 Å². The number of methoxy groups -OCH3 is 2. The Labute approximate surface area is 133 Å². The third-order valence-electron chi connectivity index (χ3n) is 4.45. The predicted molar refractivity (Wildman–Crippen MR) is 87.6 cm³/mol. The van der Waals surface area contributed by atoms with Gasteiger partial charge in [0, 0.05) is 42.4 Å². The summed E-state index contributed by atoms with van der Waals surface area (Å²) in [6.07, 6.45) is 0.969. The van der Waals surface area contributed by atoms with E-state index in [1.807, 2.05) is 0 Å². The molecule has 2 rings (SSSR count). The Balaban J connectivity index is 2.41. The SMILES string of the molecule is CCN1Cc2c(OC)cc(CNCCO)c(OC)c2CC1C. The highest BCUT2D eigenvalue weighted by atomic mass is 16.5. The number of ether oxygens (including phenoxy) is 2. The molecule has 5 heteroatoms. The van der Waals surface area contributed by atoms with Crippen LogP contribution in [0, 0.1) is 0 Å². The Hall–Kier alpha value is -1.30. The maximum Gasteiger partial charge on any atom is 0.127 e. The van der Waals surface area contributed by atoms with Crippen molar-refractivity contribution in [1.29, 1.82) is 0 Å². The van der Waals surface area contributed by atoms with Crippen molar-refractivity contribution in [3.8, 4) is 11.5 Å². The Bertz CT molecular complexity index is 505. The monoisotopic (exact) mass is 308 g/mol. The van der Waals surface area contributed by atoms with Crippen molar-refractivity contribution >= 4 is 0 Å². The number of rotatable bonds is 7. The van der Waals surface area contributed by atoms with E-state index in [1.165, 1.54) is 11.1 Å². The lowest BCUT2D eigenvalue weighted by Gasteiger charge is -2.36. The van der Waals surface area contributed by atoms with Crippen LogP contribution in [-0.2, 0) is 19.5 Å². The summed E-state index contributed by atoms with van der Waals surface area (Å²) >= 11 is 0. The standard InChI is InChI=1S/C17H28N2O3/c1-5-19-11-15-14(8-12(19)2)17(22-4)13(9-16(15)21-3)10-18-6-7-20/h9,12,18,20H,5-8,10-11H2,1-4H3. The maximum absolute atomic E-state index is 8.93. The molecule has 1 aliphatic rings. The fraction of sp³-hybridized carbons (Fsp3) is 0.647. The van der Waals surface area contributed by atoms with Crippen molar-refractivity contribution < 1.29 is 14.6 Å². The van der Waals surface area contributed by atoms with Gasteiger partial charge in [0.1, 0.15) is 11.5 Å². The smallest absolute Gasteiger partial charge is 0.127 e. The Kier molecular flexibility index (Phi) is 6.06.